The third kappa shape index (κ3) is 30.3. The standard InChI is InChI=1S/C23H27ClN6O.C20H21Cl2N5O.C13H17ClO2.C9H9Cl2NO.C8H10ClN.C7H8ClN/c1-15-8-17(24)11-19(9-15)29(2)22(31)10-16-4-3-7-30(14-16)21-13-26-20(12-25)23(28-21)27-18-5-6-18;1-13-6-15(21)9-16(7-13)26(2)19(28)8-14-4-3-5-27(12-14)18-11-24-17(10-23)20(22)25-18;1-9-5-10(7-11(14)6-9)8-12(15)16-13(2,3)4;1-6-3-7(10)5-8(4-6)12(2)9(11)13;1-6-3-7(9)5-8(4-6)10-2;1-5-2-6(8)4-7(9)3-5/h8-9,11,13,16,18H,3-7,10,14H2,1-2H3,(H,27,28);6-7,9,11,14H,3-5,8,12H2,1-2H3;5-7H,8H2,1-4H3;3-5H,1-2H3;3-5,10H,1-2H3;2-4H,9H2,1H3/t16-;14-;;;;/m00..../s1. The van der Waals surface area contributed by atoms with E-state index in [1.165, 1.54) is 10.5 Å². The van der Waals surface area contributed by atoms with Gasteiger partial charge in [-0.25, -0.2) is 19.9 Å². The van der Waals surface area contributed by atoms with Crippen LogP contribution in [0.25, 0.3) is 0 Å². The van der Waals surface area contributed by atoms with Gasteiger partial charge in [-0.05, 0) is 266 Å². The average Bonchev–Trinajstić information content (AvgIpc) is 1.80. The van der Waals surface area contributed by atoms with E-state index in [1.807, 2.05) is 160 Å². The molecule has 2 aliphatic heterocycles. The van der Waals surface area contributed by atoms with Crippen molar-refractivity contribution in [1.82, 2.24) is 19.9 Å². The molecule has 4 N–H and O–H groups in total. The van der Waals surface area contributed by atoms with Crippen LogP contribution < -0.4 is 40.9 Å². The Kier molecular flexibility index (Phi) is 34.2. The van der Waals surface area contributed by atoms with E-state index in [1.54, 1.807) is 67.6 Å². The van der Waals surface area contributed by atoms with Crippen LogP contribution in [0.2, 0.25) is 35.3 Å². The van der Waals surface area contributed by atoms with Crippen molar-refractivity contribution >= 4 is 162 Å². The summed E-state index contributed by atoms with van der Waals surface area (Å²) in [5.41, 5.74) is 16.8. The minimum absolute atomic E-state index is 0.0532. The number of piperidine rings is 2. The molecular weight excluding hydrogens is 1520 g/mol. The highest BCUT2D eigenvalue weighted by atomic mass is 35.5. The summed E-state index contributed by atoms with van der Waals surface area (Å²) in [5.74, 6) is 2.32. The van der Waals surface area contributed by atoms with Crippen molar-refractivity contribution in [3.05, 3.63) is 207 Å². The average molecular weight is 1610 g/mol. The van der Waals surface area contributed by atoms with Crippen molar-refractivity contribution in [1.29, 1.82) is 10.5 Å². The lowest BCUT2D eigenvalue weighted by Crippen LogP contribution is -2.39. The Balaban J connectivity index is 0.000000214. The van der Waals surface area contributed by atoms with Gasteiger partial charge in [-0.1, -0.05) is 87.3 Å². The van der Waals surface area contributed by atoms with Crippen LogP contribution in [0.1, 0.15) is 122 Å². The van der Waals surface area contributed by atoms with Gasteiger partial charge in [0, 0.05) is 132 Å². The number of nitrogen functional groups attached to an aromatic ring is 1. The number of aromatic nitrogens is 4. The number of rotatable bonds is 14. The Morgan fingerprint density at radius 2 is 0.963 bits per heavy atom. The zero-order valence-corrected chi connectivity index (χ0v) is 68.6. The number of carbonyl (C=O) groups excluding carboxylic acids is 4. The molecule has 0 unspecified atom stereocenters. The van der Waals surface area contributed by atoms with Gasteiger partial charge in [-0.2, -0.15) is 10.5 Å². The number of esters is 1. The number of ether oxygens (including phenoxy) is 1. The van der Waals surface area contributed by atoms with Crippen molar-refractivity contribution < 1.29 is 23.9 Å². The number of carbonyl (C=O) groups is 4. The van der Waals surface area contributed by atoms with Crippen LogP contribution in [0, 0.1) is 76.0 Å². The molecule has 2 saturated heterocycles. The van der Waals surface area contributed by atoms with Crippen molar-refractivity contribution in [3.63, 3.8) is 0 Å². The molecular formula is C80H92Cl8N14O5. The van der Waals surface area contributed by atoms with Crippen LogP contribution in [-0.2, 0) is 25.5 Å². The maximum Gasteiger partial charge on any atom is 0.320 e. The summed E-state index contributed by atoms with van der Waals surface area (Å²) < 4.78 is 5.24. The smallest absolute Gasteiger partial charge is 0.320 e. The molecule has 0 bridgehead atoms. The summed E-state index contributed by atoms with van der Waals surface area (Å²) in [4.78, 5) is 74.4. The van der Waals surface area contributed by atoms with Gasteiger partial charge in [0.05, 0.1) is 18.8 Å². The second kappa shape index (κ2) is 41.8. The summed E-state index contributed by atoms with van der Waals surface area (Å²) in [5, 5.41) is 28.2. The molecule has 11 rings (SSSR count). The molecule has 3 fully saturated rings. The number of nitrogens with two attached hydrogens (primary N) is 1. The van der Waals surface area contributed by atoms with E-state index in [0.717, 1.165) is 125 Å². The van der Waals surface area contributed by atoms with Gasteiger partial charge >= 0.3 is 11.3 Å². The summed E-state index contributed by atoms with van der Waals surface area (Å²) in [6.45, 7) is 20.5. The number of halogens is 8. The molecule has 1 saturated carbocycles. The largest absolute Gasteiger partial charge is 0.460 e. The lowest BCUT2D eigenvalue weighted by molar-refractivity contribution is -0.154. The predicted molar refractivity (Wildman–Crippen MR) is 441 cm³/mol. The molecule has 1 aliphatic carbocycles. The Morgan fingerprint density at radius 1 is 0.551 bits per heavy atom. The molecule has 0 spiro atoms. The van der Waals surface area contributed by atoms with Gasteiger partial charge in [0.1, 0.15) is 29.4 Å². The predicted octanol–water partition coefficient (Wildman–Crippen LogP) is 20.3. The number of nitrogens with zero attached hydrogens (tertiary/aromatic N) is 11. The molecule has 107 heavy (non-hydrogen) atoms. The van der Waals surface area contributed by atoms with Gasteiger partial charge in [-0.3, -0.25) is 19.2 Å². The number of benzene rings is 6. The molecule has 6 aromatic carbocycles. The van der Waals surface area contributed by atoms with Crippen LogP contribution in [0.15, 0.2) is 122 Å². The zero-order chi connectivity index (χ0) is 79.0. The molecule has 19 nitrogen and oxygen atoms in total. The number of amides is 3. The van der Waals surface area contributed by atoms with Gasteiger partial charge in [0.25, 0.3) is 0 Å². The van der Waals surface area contributed by atoms with E-state index >= 15 is 0 Å². The number of hydrogen-bond donors (Lipinski definition) is 3. The Hall–Kier alpha value is -8.34. The van der Waals surface area contributed by atoms with E-state index in [-0.39, 0.29) is 46.9 Å². The van der Waals surface area contributed by atoms with Gasteiger partial charge in [0.15, 0.2) is 22.4 Å². The fourth-order valence-corrected chi connectivity index (χ4v) is 13.6. The highest BCUT2D eigenvalue weighted by molar-refractivity contribution is 6.66. The van der Waals surface area contributed by atoms with Crippen LogP contribution in [-0.4, -0.2) is 109 Å². The van der Waals surface area contributed by atoms with E-state index in [2.05, 4.69) is 46.4 Å². The third-order valence-corrected chi connectivity index (χ3v) is 18.6. The molecule has 568 valence electrons. The van der Waals surface area contributed by atoms with Crippen LogP contribution in [0.5, 0.6) is 0 Å². The van der Waals surface area contributed by atoms with E-state index < -0.39 is 11.0 Å². The quantitative estimate of drug-likeness (QED) is 0.0397. The second-order valence-corrected chi connectivity index (χ2v) is 31.0. The lowest BCUT2D eigenvalue weighted by Gasteiger charge is -2.34. The van der Waals surface area contributed by atoms with Crippen molar-refractivity contribution in [2.45, 2.75) is 132 Å². The summed E-state index contributed by atoms with van der Waals surface area (Å²) >= 11 is 46.8. The van der Waals surface area contributed by atoms with Crippen LogP contribution in [0.3, 0.4) is 0 Å². The van der Waals surface area contributed by atoms with E-state index in [0.29, 0.717) is 73.6 Å². The zero-order valence-electron chi connectivity index (χ0n) is 62.5. The summed E-state index contributed by atoms with van der Waals surface area (Å²) in [6.07, 6.45) is 10.5. The Labute approximate surface area is 669 Å². The number of nitriles is 2. The number of aryl methyl sites for hydroxylation is 6. The van der Waals surface area contributed by atoms with E-state index in [4.69, 9.17) is 109 Å². The summed E-state index contributed by atoms with van der Waals surface area (Å²) in [7, 11) is 7.06. The van der Waals surface area contributed by atoms with Gasteiger partial charge in [0.2, 0.25) is 11.8 Å². The van der Waals surface area contributed by atoms with Gasteiger partial charge < -0.3 is 45.6 Å². The normalized spacial score (nSPS) is 14.2. The molecule has 2 aromatic heterocycles. The second-order valence-electron chi connectivity index (χ2n) is 27.7. The first kappa shape index (κ1) is 87.6. The SMILES string of the molecule is CNc1cc(C)cc(Cl)c1.Cc1cc(Cl)cc(CC(=O)OC(C)(C)C)c1.Cc1cc(Cl)cc(N(C)C(=O)C[C@@H]2CCCN(c3cnc(C#N)c(Cl)n3)C2)c1.Cc1cc(Cl)cc(N(C)C(=O)C[C@@H]2CCCN(c3cnc(C#N)c(NC4CC4)n3)C2)c1.Cc1cc(Cl)cc(N(C)C(=O)Cl)c1.Cc1cc(N)cc(Cl)c1. The Bertz CT molecular complexity index is 4340. The molecule has 3 amide bonds. The summed E-state index contributed by atoms with van der Waals surface area (Å²) in [6, 6.07) is 38.0. The van der Waals surface area contributed by atoms with E-state index in [9.17, 15) is 24.4 Å². The van der Waals surface area contributed by atoms with Crippen molar-refractivity contribution in [2.75, 3.05) is 95.2 Å². The molecule has 0 radical (unpaired) electrons. The monoisotopic (exact) mass is 1610 g/mol. The lowest BCUT2D eigenvalue weighted by atomic mass is 9.94. The van der Waals surface area contributed by atoms with Crippen LogP contribution in [0.4, 0.5) is 50.7 Å². The maximum atomic E-state index is 12.9. The minimum atomic E-state index is -0.526. The minimum Gasteiger partial charge on any atom is -0.460 e. The molecule has 8 aromatic rings. The third-order valence-electron chi connectivity index (χ3n) is 16.7. The van der Waals surface area contributed by atoms with Crippen molar-refractivity contribution in [3.8, 4) is 12.1 Å². The van der Waals surface area contributed by atoms with Gasteiger partial charge in [-0.15, -0.1) is 0 Å². The van der Waals surface area contributed by atoms with Crippen LogP contribution >= 0.6 is 92.8 Å². The fraction of sp³-hybridized carbons (Fsp3) is 0.375. The highest BCUT2D eigenvalue weighted by Gasteiger charge is 2.29. The molecule has 2 atom stereocenters. The molecule has 27 heteroatoms. The first-order valence-corrected chi connectivity index (χ1v) is 37.7. The Morgan fingerprint density at radius 3 is 1.36 bits per heavy atom. The first-order chi connectivity index (χ1) is 50.5. The first-order valence-electron chi connectivity index (χ1n) is 34.7. The highest BCUT2D eigenvalue weighted by Crippen LogP contribution is 2.33. The number of anilines is 8. The maximum absolute atomic E-state index is 12.9. The molecule has 3 aliphatic rings. The number of hydrogen-bond acceptors (Lipinski definition) is 16. The van der Waals surface area contributed by atoms with Crippen molar-refractivity contribution in [2.24, 2.45) is 11.8 Å². The molecule has 4 heterocycles. The number of nitrogens with one attached hydrogen (secondary N) is 2. The topological polar surface area (TPSA) is 243 Å². The fourth-order valence-electron chi connectivity index (χ4n) is 11.6.